The molecule has 1 N–H and O–H groups in total. The topological polar surface area (TPSA) is 75.9 Å². The van der Waals surface area contributed by atoms with Gasteiger partial charge in [0, 0.05) is 23.5 Å². The lowest BCUT2D eigenvalue weighted by atomic mass is 10.1. The first kappa shape index (κ1) is 16.9. The number of para-hydroxylation sites is 1. The number of amides is 1. The minimum atomic E-state index is 0.0786. The van der Waals surface area contributed by atoms with Crippen molar-refractivity contribution in [2.45, 2.75) is 32.2 Å². The van der Waals surface area contributed by atoms with Crippen molar-refractivity contribution < 1.29 is 4.79 Å². The third-order valence-corrected chi connectivity index (χ3v) is 5.50. The van der Waals surface area contributed by atoms with Gasteiger partial charge in [-0.05, 0) is 65.9 Å². The Bertz CT molecular complexity index is 1040. The third kappa shape index (κ3) is 3.02. The van der Waals surface area contributed by atoms with Gasteiger partial charge in [0.25, 0.3) is 0 Å². The summed E-state index contributed by atoms with van der Waals surface area (Å²) in [6.07, 6.45) is 3.17. The summed E-state index contributed by atoms with van der Waals surface area (Å²) in [5.41, 5.74) is 5.28. The fraction of sp³-hybridized carbons (Fsp3) is 0.333. The summed E-state index contributed by atoms with van der Waals surface area (Å²) in [7, 11) is 0. The average molecular weight is 374 g/mol. The van der Waals surface area contributed by atoms with Crippen molar-refractivity contribution in [2.75, 3.05) is 23.3 Å². The minimum absolute atomic E-state index is 0.0786. The van der Waals surface area contributed by atoms with Gasteiger partial charge in [-0.1, -0.05) is 24.3 Å². The van der Waals surface area contributed by atoms with E-state index in [2.05, 4.69) is 33.8 Å². The smallest absolute Gasteiger partial charge is 0.246 e. The van der Waals surface area contributed by atoms with Gasteiger partial charge in [0.15, 0.2) is 5.82 Å². The molecule has 0 radical (unpaired) electrons. The van der Waals surface area contributed by atoms with E-state index in [9.17, 15) is 4.79 Å². The standard InChI is InChI=1S/C21H22N6O/c1-14-6-7-16(12-18(14)21-23-24-25-27(21)17-8-9-17)22-13-20(28)26-11-10-15-4-2-3-5-19(15)26/h2-7,12,17,22H,8-11,13H2,1H3. The van der Waals surface area contributed by atoms with Gasteiger partial charge in [0.05, 0.1) is 12.6 Å². The molecule has 2 heterocycles. The number of hydrogen-bond acceptors (Lipinski definition) is 5. The molecule has 1 aliphatic heterocycles. The van der Waals surface area contributed by atoms with Gasteiger partial charge in [-0.2, -0.15) is 0 Å². The van der Waals surface area contributed by atoms with Crippen LogP contribution in [-0.4, -0.2) is 39.2 Å². The highest BCUT2D eigenvalue weighted by Gasteiger charge is 2.29. The molecule has 1 amide bonds. The van der Waals surface area contributed by atoms with Crippen molar-refractivity contribution in [2.24, 2.45) is 0 Å². The average Bonchev–Trinajstić information content (AvgIpc) is 3.28. The van der Waals surface area contributed by atoms with Crippen molar-refractivity contribution in [3.8, 4) is 11.4 Å². The zero-order valence-electron chi connectivity index (χ0n) is 15.8. The predicted molar refractivity (Wildman–Crippen MR) is 107 cm³/mol. The van der Waals surface area contributed by atoms with Crippen LogP contribution in [0.5, 0.6) is 0 Å². The molecule has 2 aliphatic rings. The molecule has 1 aromatic heterocycles. The van der Waals surface area contributed by atoms with Crippen LogP contribution < -0.4 is 10.2 Å². The van der Waals surface area contributed by atoms with Gasteiger partial charge in [0.1, 0.15) is 0 Å². The van der Waals surface area contributed by atoms with Crippen LogP contribution in [0.4, 0.5) is 11.4 Å². The number of anilines is 2. The number of carbonyl (C=O) groups is 1. The van der Waals surface area contributed by atoms with E-state index in [0.29, 0.717) is 6.04 Å². The van der Waals surface area contributed by atoms with Crippen LogP contribution in [0.3, 0.4) is 0 Å². The summed E-state index contributed by atoms with van der Waals surface area (Å²) < 4.78 is 1.92. The van der Waals surface area contributed by atoms with Gasteiger partial charge in [-0.15, -0.1) is 5.10 Å². The SMILES string of the molecule is Cc1ccc(NCC(=O)N2CCc3ccccc32)cc1-c1nnnn1C1CC1. The number of nitrogens with zero attached hydrogens (tertiary/aromatic N) is 5. The Morgan fingerprint density at radius 1 is 1.21 bits per heavy atom. The zero-order chi connectivity index (χ0) is 19.1. The Hall–Kier alpha value is -3.22. The quantitative estimate of drug-likeness (QED) is 0.743. The number of aromatic nitrogens is 4. The molecule has 2 aromatic carbocycles. The summed E-state index contributed by atoms with van der Waals surface area (Å²) in [5, 5.41) is 15.5. The second-order valence-corrected chi connectivity index (χ2v) is 7.49. The van der Waals surface area contributed by atoms with Crippen molar-refractivity contribution in [3.05, 3.63) is 53.6 Å². The van der Waals surface area contributed by atoms with Crippen LogP contribution >= 0.6 is 0 Å². The maximum atomic E-state index is 12.7. The van der Waals surface area contributed by atoms with E-state index < -0.39 is 0 Å². The molecule has 0 unspecified atom stereocenters. The molecule has 7 heteroatoms. The van der Waals surface area contributed by atoms with E-state index in [1.54, 1.807) is 0 Å². The van der Waals surface area contributed by atoms with E-state index in [1.807, 2.05) is 46.0 Å². The monoisotopic (exact) mass is 374 g/mol. The van der Waals surface area contributed by atoms with E-state index in [1.165, 1.54) is 5.56 Å². The number of carbonyl (C=O) groups excluding carboxylic acids is 1. The molecule has 7 nitrogen and oxygen atoms in total. The van der Waals surface area contributed by atoms with E-state index in [-0.39, 0.29) is 12.5 Å². The lowest BCUT2D eigenvalue weighted by Crippen LogP contribution is -2.34. The number of tetrazole rings is 1. The van der Waals surface area contributed by atoms with Gasteiger partial charge >= 0.3 is 0 Å². The van der Waals surface area contributed by atoms with Gasteiger partial charge in [-0.25, -0.2) is 4.68 Å². The van der Waals surface area contributed by atoms with E-state index >= 15 is 0 Å². The second-order valence-electron chi connectivity index (χ2n) is 7.49. The van der Waals surface area contributed by atoms with Crippen LogP contribution in [0.15, 0.2) is 42.5 Å². The van der Waals surface area contributed by atoms with Crippen LogP contribution in [0.1, 0.15) is 30.0 Å². The molecular formula is C21H22N6O. The van der Waals surface area contributed by atoms with Gasteiger partial charge in [0.2, 0.25) is 5.91 Å². The normalized spacial score (nSPS) is 15.5. The van der Waals surface area contributed by atoms with Crippen molar-refractivity contribution in [1.29, 1.82) is 0 Å². The molecule has 1 fully saturated rings. The highest BCUT2D eigenvalue weighted by atomic mass is 16.2. The highest BCUT2D eigenvalue weighted by molar-refractivity contribution is 5.98. The molecule has 0 spiro atoms. The first-order valence-corrected chi connectivity index (χ1v) is 9.72. The molecule has 1 aliphatic carbocycles. The number of fused-ring (bicyclic) bond motifs is 1. The first-order chi connectivity index (χ1) is 13.7. The summed E-state index contributed by atoms with van der Waals surface area (Å²) in [6.45, 7) is 3.05. The van der Waals surface area contributed by atoms with E-state index in [4.69, 9.17) is 0 Å². The Morgan fingerprint density at radius 3 is 2.93 bits per heavy atom. The van der Waals surface area contributed by atoms with Gasteiger partial charge in [-0.3, -0.25) is 4.79 Å². The Labute approximate surface area is 163 Å². The zero-order valence-corrected chi connectivity index (χ0v) is 15.8. The van der Waals surface area contributed by atoms with Crippen LogP contribution in [0.2, 0.25) is 0 Å². The lowest BCUT2D eigenvalue weighted by molar-refractivity contribution is -0.116. The highest BCUT2D eigenvalue weighted by Crippen LogP contribution is 2.37. The Kier molecular flexibility index (Phi) is 4.07. The number of benzene rings is 2. The fourth-order valence-electron chi connectivity index (χ4n) is 3.78. The molecule has 3 aromatic rings. The van der Waals surface area contributed by atoms with Crippen LogP contribution in [0, 0.1) is 6.92 Å². The maximum absolute atomic E-state index is 12.7. The Morgan fingerprint density at radius 2 is 2.07 bits per heavy atom. The molecule has 142 valence electrons. The largest absolute Gasteiger partial charge is 0.376 e. The molecular weight excluding hydrogens is 352 g/mol. The van der Waals surface area contributed by atoms with Crippen LogP contribution in [-0.2, 0) is 11.2 Å². The van der Waals surface area contributed by atoms with Crippen LogP contribution in [0.25, 0.3) is 11.4 Å². The van der Waals surface area contributed by atoms with Crippen molar-refractivity contribution >= 4 is 17.3 Å². The maximum Gasteiger partial charge on any atom is 0.246 e. The summed E-state index contributed by atoms with van der Waals surface area (Å²) in [6, 6.07) is 14.6. The predicted octanol–water partition coefficient (Wildman–Crippen LogP) is 2.98. The molecule has 0 atom stereocenters. The first-order valence-electron chi connectivity index (χ1n) is 9.72. The van der Waals surface area contributed by atoms with E-state index in [0.717, 1.165) is 54.1 Å². The number of rotatable bonds is 5. The minimum Gasteiger partial charge on any atom is -0.376 e. The lowest BCUT2D eigenvalue weighted by Gasteiger charge is -2.18. The molecule has 5 rings (SSSR count). The molecule has 28 heavy (non-hydrogen) atoms. The fourth-order valence-corrected chi connectivity index (χ4v) is 3.78. The number of hydrogen-bond donors (Lipinski definition) is 1. The molecule has 0 saturated heterocycles. The van der Waals surface area contributed by atoms with Crippen molar-refractivity contribution in [1.82, 2.24) is 20.2 Å². The summed E-state index contributed by atoms with van der Waals surface area (Å²) in [4.78, 5) is 14.6. The number of aryl methyl sites for hydroxylation is 1. The molecule has 1 saturated carbocycles. The summed E-state index contributed by atoms with van der Waals surface area (Å²) in [5.74, 6) is 0.873. The summed E-state index contributed by atoms with van der Waals surface area (Å²) >= 11 is 0. The van der Waals surface area contributed by atoms with Gasteiger partial charge < -0.3 is 10.2 Å². The van der Waals surface area contributed by atoms with Crippen molar-refractivity contribution in [3.63, 3.8) is 0 Å². The molecule has 0 bridgehead atoms. The Balaban J connectivity index is 1.33. The second kappa shape index (κ2) is 6.74. The third-order valence-electron chi connectivity index (χ3n) is 5.50. The number of nitrogens with one attached hydrogen (secondary N) is 1.